The molecule has 0 heterocycles. The molecule has 0 aliphatic heterocycles. The molecule has 0 fully saturated rings. The van der Waals surface area contributed by atoms with E-state index in [2.05, 4.69) is 84.9 Å². The molecule has 126 valence electrons. The molecule has 0 saturated heterocycles. The Balaban J connectivity index is 1.81. The average molecular weight is 390 g/mol. The van der Waals surface area contributed by atoms with Crippen LogP contribution in [0.4, 0.5) is 0 Å². The third kappa shape index (κ3) is 5.44. The van der Waals surface area contributed by atoms with E-state index in [1.807, 2.05) is 6.07 Å². The minimum atomic E-state index is -1.42. The van der Waals surface area contributed by atoms with Crippen molar-refractivity contribution in [3.05, 3.63) is 108 Å². The Morgan fingerprint density at radius 3 is 1.44 bits per heavy atom. The molecular formula is C23H23AsO. The second-order valence-electron chi connectivity index (χ2n) is 6.27. The zero-order valence-corrected chi connectivity index (χ0v) is 16.2. The fourth-order valence-electron chi connectivity index (χ4n) is 3.05. The molecule has 3 aromatic rings. The Hall–Kier alpha value is -2.11. The van der Waals surface area contributed by atoms with Crippen molar-refractivity contribution in [3.63, 3.8) is 0 Å². The summed E-state index contributed by atoms with van der Waals surface area (Å²) in [6.45, 7) is 0. The molecule has 0 aliphatic carbocycles. The Labute approximate surface area is 155 Å². The maximum absolute atomic E-state index is 12.0. The van der Waals surface area contributed by atoms with E-state index in [1.54, 1.807) is 0 Å². The molecular weight excluding hydrogens is 367 g/mol. The van der Waals surface area contributed by atoms with Crippen molar-refractivity contribution in [3.8, 4) is 0 Å². The van der Waals surface area contributed by atoms with Gasteiger partial charge in [-0.05, 0) is 0 Å². The van der Waals surface area contributed by atoms with Gasteiger partial charge in [-0.25, -0.2) is 0 Å². The second-order valence-corrected chi connectivity index (χ2v) is 11.5. The van der Waals surface area contributed by atoms with Gasteiger partial charge in [-0.15, -0.1) is 0 Å². The predicted octanol–water partition coefficient (Wildman–Crippen LogP) is 4.86. The molecule has 0 aromatic heterocycles. The van der Waals surface area contributed by atoms with Crippen LogP contribution in [-0.2, 0) is 21.6 Å². The molecule has 0 saturated carbocycles. The summed E-state index contributed by atoms with van der Waals surface area (Å²) in [6, 6.07) is 31.7. The zero-order chi connectivity index (χ0) is 17.3. The Kier molecular flexibility index (Phi) is 6.65. The minimum absolute atomic E-state index is 0.162. The monoisotopic (exact) mass is 390 g/mol. The van der Waals surface area contributed by atoms with E-state index in [0.29, 0.717) is 0 Å². The van der Waals surface area contributed by atoms with Gasteiger partial charge in [0.25, 0.3) is 0 Å². The zero-order valence-electron chi connectivity index (χ0n) is 14.3. The molecule has 1 atom stereocenters. The number of hydrogen-bond acceptors (Lipinski definition) is 1. The molecule has 1 nitrogen and oxygen atoms in total. The van der Waals surface area contributed by atoms with E-state index in [0.717, 1.165) is 16.8 Å². The van der Waals surface area contributed by atoms with Crippen LogP contribution in [0.1, 0.15) is 16.7 Å². The number of benzene rings is 3. The average Bonchev–Trinajstić information content (AvgIpc) is 2.68. The van der Waals surface area contributed by atoms with Gasteiger partial charge in [-0.2, -0.15) is 0 Å². The van der Waals surface area contributed by atoms with Gasteiger partial charge in [0.2, 0.25) is 0 Å². The first-order valence-corrected chi connectivity index (χ1v) is 12.4. The molecule has 3 rings (SSSR count). The molecule has 0 aliphatic rings. The number of rotatable bonds is 8. The van der Waals surface area contributed by atoms with E-state index in [9.17, 15) is 4.79 Å². The number of aldehydes is 1. The summed E-state index contributed by atoms with van der Waals surface area (Å²) in [5, 5.41) is 2.14. The molecule has 3 aromatic carbocycles. The Bertz CT molecular complexity index is 714. The van der Waals surface area contributed by atoms with Gasteiger partial charge >= 0.3 is 155 Å². The van der Waals surface area contributed by atoms with Crippen molar-refractivity contribution in [2.24, 2.45) is 0 Å². The summed E-state index contributed by atoms with van der Waals surface area (Å²) in [4.78, 5) is 12.0. The predicted molar refractivity (Wildman–Crippen MR) is 106 cm³/mol. The molecule has 0 N–H and O–H groups in total. The Morgan fingerprint density at radius 2 is 1.04 bits per heavy atom. The summed E-state index contributed by atoms with van der Waals surface area (Å²) in [6.07, 6.45) is 2.09. The van der Waals surface area contributed by atoms with E-state index in [1.165, 1.54) is 23.0 Å². The van der Waals surface area contributed by atoms with Crippen molar-refractivity contribution >= 4 is 20.9 Å². The van der Waals surface area contributed by atoms with Crippen molar-refractivity contribution in [1.82, 2.24) is 0 Å². The number of hydrogen-bond donors (Lipinski definition) is 0. The number of carbonyl (C=O) groups excluding carboxylic acids is 1. The van der Waals surface area contributed by atoms with Crippen molar-refractivity contribution in [2.45, 2.75) is 21.5 Å². The van der Waals surface area contributed by atoms with Crippen molar-refractivity contribution in [1.29, 1.82) is 0 Å². The summed E-state index contributed by atoms with van der Waals surface area (Å²) < 4.78 is 0.162. The third-order valence-corrected chi connectivity index (χ3v) is 10.2. The quantitative estimate of drug-likeness (QED) is 0.397. The van der Waals surface area contributed by atoms with Crippen LogP contribution in [0.15, 0.2) is 91.0 Å². The second kappa shape index (κ2) is 9.39. The molecule has 0 bridgehead atoms. The fraction of sp³-hybridized carbons (Fsp3) is 0.174. The van der Waals surface area contributed by atoms with Gasteiger partial charge in [-0.3, -0.25) is 0 Å². The normalized spacial score (nSPS) is 12.0. The Morgan fingerprint density at radius 1 is 0.640 bits per heavy atom. The van der Waals surface area contributed by atoms with Gasteiger partial charge in [0.05, 0.1) is 0 Å². The molecule has 25 heavy (non-hydrogen) atoms. The van der Waals surface area contributed by atoms with E-state index < -0.39 is 14.7 Å². The standard InChI is InChI=1S/C23H23AsO/c25-19-23(16-20-10-4-1-5-11-20)24(17-21-12-6-2-7-13-21)18-22-14-8-3-9-15-22/h1-15,19,23H,16-18H2/t23-/m0/s1. The molecule has 0 unspecified atom stereocenters. The van der Waals surface area contributed by atoms with Gasteiger partial charge in [0.15, 0.2) is 0 Å². The first kappa shape index (κ1) is 17.7. The van der Waals surface area contributed by atoms with Crippen molar-refractivity contribution < 1.29 is 4.79 Å². The number of carbonyl (C=O) groups is 1. The van der Waals surface area contributed by atoms with Crippen LogP contribution in [0.3, 0.4) is 0 Å². The fourth-order valence-corrected chi connectivity index (χ4v) is 8.46. The van der Waals surface area contributed by atoms with Gasteiger partial charge in [-0.1, -0.05) is 0 Å². The molecule has 0 radical (unpaired) electrons. The topological polar surface area (TPSA) is 17.1 Å². The van der Waals surface area contributed by atoms with Crippen LogP contribution in [0.25, 0.3) is 0 Å². The summed E-state index contributed by atoms with van der Waals surface area (Å²) in [7, 11) is 0. The van der Waals surface area contributed by atoms with E-state index >= 15 is 0 Å². The van der Waals surface area contributed by atoms with E-state index in [4.69, 9.17) is 0 Å². The van der Waals surface area contributed by atoms with Gasteiger partial charge in [0, 0.05) is 0 Å². The van der Waals surface area contributed by atoms with Gasteiger partial charge in [0.1, 0.15) is 0 Å². The van der Waals surface area contributed by atoms with Crippen LogP contribution < -0.4 is 0 Å². The molecule has 0 amide bonds. The van der Waals surface area contributed by atoms with Crippen LogP contribution in [0.5, 0.6) is 0 Å². The van der Waals surface area contributed by atoms with Crippen LogP contribution in [0, 0.1) is 0 Å². The third-order valence-electron chi connectivity index (χ3n) is 4.37. The SMILES string of the molecule is O=C[C@H](Cc1ccccc1)[As](Cc1ccccc1)Cc1ccccc1. The van der Waals surface area contributed by atoms with Crippen LogP contribution in [-0.4, -0.2) is 20.9 Å². The van der Waals surface area contributed by atoms with Gasteiger partial charge < -0.3 is 0 Å². The van der Waals surface area contributed by atoms with Crippen LogP contribution >= 0.6 is 0 Å². The summed E-state index contributed by atoms with van der Waals surface area (Å²) in [5.41, 5.74) is 3.98. The van der Waals surface area contributed by atoms with Crippen LogP contribution in [0.2, 0.25) is 4.71 Å². The summed E-state index contributed by atoms with van der Waals surface area (Å²) >= 11 is -1.42. The van der Waals surface area contributed by atoms with E-state index in [-0.39, 0.29) is 4.71 Å². The van der Waals surface area contributed by atoms with Crippen molar-refractivity contribution in [2.75, 3.05) is 0 Å². The molecule has 2 heteroatoms. The first-order valence-electron chi connectivity index (χ1n) is 8.66. The maximum atomic E-state index is 12.0. The molecule has 0 spiro atoms. The first-order chi connectivity index (χ1) is 12.3. The summed E-state index contributed by atoms with van der Waals surface area (Å²) in [5.74, 6) is 0.